The first kappa shape index (κ1) is 10.1. The van der Waals surface area contributed by atoms with Crippen LogP contribution in [0.15, 0.2) is 0 Å². The van der Waals surface area contributed by atoms with Crippen molar-refractivity contribution >= 4 is 0 Å². The Kier molecular flexibility index (Phi) is 1.99. The lowest BCUT2D eigenvalue weighted by Gasteiger charge is -2.46. The maximum Gasteiger partial charge on any atom is 0.162 e. The average molecular weight is 212 g/mol. The Hall–Kier alpha value is -0.120. The van der Waals surface area contributed by atoms with Crippen molar-refractivity contribution in [2.45, 2.75) is 45.0 Å². The lowest BCUT2D eigenvalue weighted by molar-refractivity contribution is -0.293. The normalized spacial score (nSPS) is 46.2. The fourth-order valence-electron chi connectivity index (χ4n) is 3.18. The van der Waals surface area contributed by atoms with Crippen LogP contribution in [0.25, 0.3) is 0 Å². The van der Waals surface area contributed by atoms with Crippen molar-refractivity contribution in [2.24, 2.45) is 17.3 Å². The summed E-state index contributed by atoms with van der Waals surface area (Å²) in [4.78, 5) is 0. The van der Waals surface area contributed by atoms with Gasteiger partial charge < -0.3 is 14.6 Å². The summed E-state index contributed by atoms with van der Waals surface area (Å²) in [5.74, 6) is 0.893. The number of hydrogen-bond acceptors (Lipinski definition) is 3. The Morgan fingerprint density at radius 3 is 2.40 bits per heavy atom. The van der Waals surface area contributed by atoms with Crippen LogP contribution >= 0.6 is 0 Å². The van der Waals surface area contributed by atoms with Gasteiger partial charge in [-0.25, -0.2) is 0 Å². The summed E-state index contributed by atoms with van der Waals surface area (Å²) >= 11 is 0. The molecule has 0 amide bonds. The second kappa shape index (κ2) is 2.96. The van der Waals surface area contributed by atoms with Gasteiger partial charge in [0.1, 0.15) is 0 Å². The zero-order chi connectivity index (χ0) is 10.7. The molecule has 3 atom stereocenters. The Morgan fingerprint density at radius 1 is 1.13 bits per heavy atom. The van der Waals surface area contributed by atoms with Gasteiger partial charge in [0.2, 0.25) is 0 Å². The van der Waals surface area contributed by atoms with E-state index in [4.69, 9.17) is 9.47 Å². The fraction of sp³-hybridized carbons (Fsp3) is 1.00. The van der Waals surface area contributed by atoms with Crippen molar-refractivity contribution in [2.75, 3.05) is 13.2 Å². The van der Waals surface area contributed by atoms with Gasteiger partial charge in [-0.15, -0.1) is 0 Å². The molecular formula is C12H20O3. The molecule has 2 aliphatic carbocycles. The minimum Gasteiger partial charge on any atom is -0.393 e. The summed E-state index contributed by atoms with van der Waals surface area (Å²) < 4.78 is 11.5. The first-order valence-electron chi connectivity index (χ1n) is 5.96. The smallest absolute Gasteiger partial charge is 0.162 e. The third kappa shape index (κ3) is 1.71. The first-order valence-corrected chi connectivity index (χ1v) is 5.96. The summed E-state index contributed by atoms with van der Waals surface area (Å²) in [7, 11) is 0. The predicted octanol–water partition coefficient (Wildman–Crippen LogP) is 1.55. The molecular weight excluding hydrogens is 192 g/mol. The fourth-order valence-corrected chi connectivity index (χ4v) is 3.18. The van der Waals surface area contributed by atoms with Gasteiger partial charge in [0.25, 0.3) is 0 Å². The SMILES string of the molecule is CC1(C)OCC2(CO1)C[C@H]1C[C@H]1[C@H](O)C2. The van der Waals surface area contributed by atoms with Crippen LogP contribution in [0.3, 0.4) is 0 Å². The van der Waals surface area contributed by atoms with Crippen molar-refractivity contribution in [1.29, 1.82) is 0 Å². The molecule has 0 bridgehead atoms. The van der Waals surface area contributed by atoms with E-state index < -0.39 is 5.79 Å². The summed E-state index contributed by atoms with van der Waals surface area (Å²) in [6.07, 6.45) is 3.15. The first-order chi connectivity index (χ1) is 7.00. The molecule has 1 heterocycles. The van der Waals surface area contributed by atoms with Crippen molar-refractivity contribution in [1.82, 2.24) is 0 Å². The molecule has 3 nitrogen and oxygen atoms in total. The summed E-state index contributed by atoms with van der Waals surface area (Å²) in [5, 5.41) is 9.96. The quantitative estimate of drug-likeness (QED) is 0.662. The second-order valence-electron chi connectivity index (χ2n) is 6.11. The summed E-state index contributed by atoms with van der Waals surface area (Å²) in [5.41, 5.74) is 0.104. The number of aliphatic hydroxyl groups is 1. The molecule has 1 aliphatic heterocycles. The van der Waals surface area contributed by atoms with Crippen molar-refractivity contribution < 1.29 is 14.6 Å². The van der Waals surface area contributed by atoms with E-state index in [1.165, 1.54) is 12.8 Å². The lowest BCUT2D eigenvalue weighted by atomic mass is 9.73. The summed E-state index contributed by atoms with van der Waals surface area (Å²) in [6.45, 7) is 5.42. The zero-order valence-corrected chi connectivity index (χ0v) is 9.53. The van der Waals surface area contributed by atoms with E-state index in [9.17, 15) is 5.11 Å². The van der Waals surface area contributed by atoms with Crippen LogP contribution in [-0.4, -0.2) is 30.2 Å². The predicted molar refractivity (Wildman–Crippen MR) is 55.3 cm³/mol. The molecule has 0 aromatic rings. The molecule has 1 N–H and O–H groups in total. The molecule has 3 aliphatic rings. The number of ether oxygens (including phenoxy) is 2. The topological polar surface area (TPSA) is 38.7 Å². The van der Waals surface area contributed by atoms with Gasteiger partial charge in [0, 0.05) is 5.41 Å². The highest BCUT2D eigenvalue weighted by Crippen LogP contribution is 2.57. The van der Waals surface area contributed by atoms with Crippen molar-refractivity contribution in [3.8, 4) is 0 Å². The number of hydrogen-bond donors (Lipinski definition) is 1. The van der Waals surface area contributed by atoms with Gasteiger partial charge >= 0.3 is 0 Å². The van der Waals surface area contributed by atoms with Crippen LogP contribution in [0.1, 0.15) is 33.1 Å². The highest BCUT2D eigenvalue weighted by Gasteiger charge is 2.55. The molecule has 0 radical (unpaired) electrons. The van der Waals surface area contributed by atoms with Crippen LogP contribution < -0.4 is 0 Å². The van der Waals surface area contributed by atoms with Crippen molar-refractivity contribution in [3.05, 3.63) is 0 Å². The van der Waals surface area contributed by atoms with Crippen LogP contribution in [0.2, 0.25) is 0 Å². The highest BCUT2D eigenvalue weighted by molar-refractivity contribution is 5.04. The van der Waals surface area contributed by atoms with Gasteiger partial charge in [-0.3, -0.25) is 0 Å². The third-order valence-electron chi connectivity index (χ3n) is 4.26. The van der Waals surface area contributed by atoms with E-state index >= 15 is 0 Å². The molecule has 1 saturated heterocycles. The largest absolute Gasteiger partial charge is 0.393 e. The molecule has 1 spiro atoms. The van der Waals surface area contributed by atoms with Gasteiger partial charge in [-0.2, -0.15) is 0 Å². The highest BCUT2D eigenvalue weighted by atomic mass is 16.7. The number of fused-ring (bicyclic) bond motifs is 1. The Balaban J connectivity index is 1.70. The second-order valence-corrected chi connectivity index (χ2v) is 6.11. The zero-order valence-electron chi connectivity index (χ0n) is 9.53. The standard InChI is InChI=1S/C12H20O3/c1-11(2)14-6-12(7-15-11)4-8-3-9(8)10(13)5-12/h8-10,13H,3-7H2,1-2H3/t8-,9-,10-/m1/s1. The third-order valence-corrected chi connectivity index (χ3v) is 4.26. The van der Waals surface area contributed by atoms with E-state index in [1.807, 2.05) is 13.8 Å². The lowest BCUT2D eigenvalue weighted by Crippen LogP contribution is -2.49. The maximum absolute atomic E-state index is 9.96. The van der Waals surface area contributed by atoms with E-state index in [1.54, 1.807) is 0 Å². The summed E-state index contributed by atoms with van der Waals surface area (Å²) in [6, 6.07) is 0. The molecule has 3 rings (SSSR count). The van der Waals surface area contributed by atoms with Crippen LogP contribution in [0, 0.1) is 17.3 Å². The van der Waals surface area contributed by atoms with E-state index in [2.05, 4.69) is 0 Å². The molecule has 86 valence electrons. The number of rotatable bonds is 0. The Morgan fingerprint density at radius 2 is 1.80 bits per heavy atom. The Labute approximate surface area is 90.8 Å². The monoisotopic (exact) mass is 212 g/mol. The minimum absolute atomic E-state index is 0.104. The Bertz CT molecular complexity index is 264. The molecule has 3 fully saturated rings. The molecule has 15 heavy (non-hydrogen) atoms. The maximum atomic E-state index is 9.96. The van der Waals surface area contributed by atoms with E-state index in [0.29, 0.717) is 5.92 Å². The molecule has 3 heteroatoms. The number of aliphatic hydroxyl groups excluding tert-OH is 1. The van der Waals surface area contributed by atoms with Crippen LogP contribution in [0.4, 0.5) is 0 Å². The van der Waals surface area contributed by atoms with Gasteiger partial charge in [-0.1, -0.05) is 0 Å². The van der Waals surface area contributed by atoms with Gasteiger partial charge in [0.15, 0.2) is 5.79 Å². The molecule has 0 unspecified atom stereocenters. The van der Waals surface area contributed by atoms with E-state index in [-0.39, 0.29) is 11.5 Å². The average Bonchev–Trinajstić information content (AvgIpc) is 2.91. The minimum atomic E-state index is -0.434. The molecule has 0 aromatic heterocycles. The van der Waals surface area contributed by atoms with Gasteiger partial charge in [-0.05, 0) is 44.9 Å². The van der Waals surface area contributed by atoms with Crippen molar-refractivity contribution in [3.63, 3.8) is 0 Å². The van der Waals surface area contributed by atoms with Crippen LogP contribution in [0.5, 0.6) is 0 Å². The van der Waals surface area contributed by atoms with Crippen LogP contribution in [-0.2, 0) is 9.47 Å². The van der Waals surface area contributed by atoms with Gasteiger partial charge in [0.05, 0.1) is 19.3 Å². The molecule has 0 aromatic carbocycles. The molecule has 2 saturated carbocycles. The van der Waals surface area contributed by atoms with E-state index in [0.717, 1.165) is 25.6 Å².